The summed E-state index contributed by atoms with van der Waals surface area (Å²) in [4.78, 5) is 24.3. The first kappa shape index (κ1) is 61.7. The van der Waals surface area contributed by atoms with Gasteiger partial charge in [-0.3, -0.25) is 15.1 Å². The van der Waals surface area contributed by atoms with Crippen LogP contribution in [0.3, 0.4) is 0 Å². The number of nitrogens with one attached hydrogen (secondary N) is 1. The molecule has 13 heteroatoms. The summed E-state index contributed by atoms with van der Waals surface area (Å²) in [5.74, 6) is 3.19. The predicted molar refractivity (Wildman–Crippen MR) is 323 cm³/mol. The second-order valence-electron chi connectivity index (χ2n) is 23.5. The molecule has 79 heavy (non-hydrogen) atoms. The average Bonchev–Trinajstić information content (AvgIpc) is 3.99. The van der Waals surface area contributed by atoms with Crippen LogP contribution in [0, 0.1) is 0 Å². The quantitative estimate of drug-likeness (QED) is 0.0799. The Morgan fingerprint density at radius 1 is 0.443 bits per heavy atom. The Morgan fingerprint density at radius 2 is 0.785 bits per heavy atom. The molecular weight excluding hydrogens is 1000 g/mol. The van der Waals surface area contributed by atoms with Crippen molar-refractivity contribution in [1.29, 1.82) is 0 Å². The van der Waals surface area contributed by atoms with Crippen molar-refractivity contribution in [2.24, 2.45) is 0 Å². The summed E-state index contributed by atoms with van der Waals surface area (Å²) in [7, 11) is 0. The molecule has 9 rings (SSSR count). The Hall–Kier alpha value is -6.51. The fourth-order valence-electron chi connectivity index (χ4n) is 8.86. The minimum absolute atomic E-state index is 0. The van der Waals surface area contributed by atoms with Crippen molar-refractivity contribution in [3.8, 4) is 0 Å². The molecule has 0 bridgehead atoms. The van der Waals surface area contributed by atoms with E-state index in [1.807, 2.05) is 76.2 Å². The molecule has 1 aliphatic heterocycles. The van der Waals surface area contributed by atoms with Crippen molar-refractivity contribution in [2.45, 2.75) is 145 Å². The van der Waals surface area contributed by atoms with Gasteiger partial charge in [-0.25, -0.2) is 15.0 Å². The van der Waals surface area contributed by atoms with Crippen LogP contribution in [0.2, 0.25) is 0 Å². The van der Waals surface area contributed by atoms with Gasteiger partial charge in [0.2, 0.25) is 12.2 Å². The molecule has 1 aliphatic rings. The molecule has 3 N–H and O–H groups in total. The maximum Gasteiger partial charge on any atom is 0.273 e. The number of ether oxygens (including phenoxy) is 4. The normalized spacial score (nSPS) is 12.9. The molecule has 0 saturated heterocycles. The van der Waals surface area contributed by atoms with Gasteiger partial charge in [0.15, 0.2) is 11.6 Å². The van der Waals surface area contributed by atoms with Gasteiger partial charge in [-0.1, -0.05) is 156 Å². The van der Waals surface area contributed by atoms with Crippen LogP contribution in [-0.2, 0) is 40.6 Å². The number of halogens is 1. The summed E-state index contributed by atoms with van der Waals surface area (Å²) < 4.78 is 21.6. The summed E-state index contributed by atoms with van der Waals surface area (Å²) in [5.41, 5.74) is 13.3. The first-order valence-corrected chi connectivity index (χ1v) is 27.6. The number of anilines is 6. The van der Waals surface area contributed by atoms with Crippen molar-refractivity contribution >= 4 is 68.1 Å². The van der Waals surface area contributed by atoms with Gasteiger partial charge < -0.3 is 36.7 Å². The van der Waals surface area contributed by atoms with Crippen molar-refractivity contribution in [1.82, 2.24) is 19.9 Å². The van der Waals surface area contributed by atoms with E-state index in [0.29, 0.717) is 26.4 Å². The van der Waals surface area contributed by atoms with Crippen molar-refractivity contribution in [3.63, 3.8) is 0 Å². The lowest BCUT2D eigenvalue weighted by atomic mass is 9.87. The lowest BCUT2D eigenvalue weighted by Crippen LogP contribution is -3.00. The zero-order valence-electron chi connectivity index (χ0n) is 49.6. The largest absolute Gasteiger partial charge is 1.00 e. The van der Waals surface area contributed by atoms with E-state index in [-0.39, 0.29) is 34.1 Å². The van der Waals surface area contributed by atoms with Crippen molar-refractivity contribution in [2.75, 3.05) is 41.5 Å². The highest BCUT2D eigenvalue weighted by Crippen LogP contribution is 2.47. The Kier molecular flexibility index (Phi) is 20.8. The molecule has 0 unspecified atom stereocenters. The van der Waals surface area contributed by atoms with Crippen LogP contribution in [0.5, 0.6) is 0 Å². The number of hydrogen-bond acceptors (Lipinski definition) is 11. The molecule has 0 amide bonds. The summed E-state index contributed by atoms with van der Waals surface area (Å²) in [6.45, 7) is 36.4. The van der Waals surface area contributed by atoms with Gasteiger partial charge in [-0.05, 0) is 144 Å². The zero-order valence-corrected chi connectivity index (χ0v) is 50.4. The average molecular weight is 1090 g/mol. The minimum atomic E-state index is -0.472. The topological polar surface area (TPSA) is 124 Å². The third kappa shape index (κ3) is 15.9. The number of para-hydroxylation sites is 4. The molecule has 0 aliphatic carbocycles. The van der Waals surface area contributed by atoms with E-state index in [4.69, 9.17) is 38.9 Å². The molecule has 0 radical (unpaired) electrons. The third-order valence-corrected chi connectivity index (χ3v) is 13.4. The Labute approximate surface area is 477 Å². The van der Waals surface area contributed by atoms with Crippen LogP contribution in [-0.4, -0.2) is 59.2 Å². The molecule has 0 saturated carbocycles. The molecule has 3 heterocycles. The Balaban J connectivity index is 0.000000217. The number of hydrogen-bond donors (Lipinski definition) is 2. The monoisotopic (exact) mass is 1090 g/mol. The first-order chi connectivity index (χ1) is 37.0. The Bertz CT molecular complexity index is 2960. The van der Waals surface area contributed by atoms with Gasteiger partial charge >= 0.3 is 0 Å². The number of nitrogens with zero attached hydrogens (tertiary/aromatic N) is 6. The maximum atomic E-state index is 6.41. The van der Waals surface area contributed by atoms with Gasteiger partial charge in [0.25, 0.3) is 12.3 Å². The fourth-order valence-corrected chi connectivity index (χ4v) is 8.86. The van der Waals surface area contributed by atoms with E-state index >= 15 is 0 Å². The molecule has 0 fully saturated rings. The standard InChI is InChI=1S/C31H36N4O.C28H32N4.C7H16O3.ClH/c1-8-36-29-34(23-17-13-21(14-18-23)30(2,3)4)27-28(33-26-12-10-9-11-25(26)32-27)35(29)24-19-15-22(16-20-24)31(5,6)7;1-27(2,3)19-11-15-21(16-12-19)29-25-26(32-24-10-8-7-9-23(24)31-25)30-22-17-13-20(14-18-22)28(4,5)6;1-4-8-7(9-5-2)10-6-3;/h9-20,29H,8H2,1-7H3;7-18H,1-6H3,(H,29,31)(H,30,32);7H,4-6H2,1-3H3;1H. The number of rotatable bonds is 14. The second-order valence-corrected chi connectivity index (χ2v) is 23.5. The Morgan fingerprint density at radius 3 is 1.14 bits per heavy atom. The molecule has 12 nitrogen and oxygen atoms in total. The summed E-state index contributed by atoms with van der Waals surface area (Å²) in [5, 5.41) is 5.59. The minimum Gasteiger partial charge on any atom is -1.00 e. The predicted octanol–water partition coefficient (Wildman–Crippen LogP) is 12.7. The van der Waals surface area contributed by atoms with Gasteiger partial charge in [0.1, 0.15) is 5.69 Å². The highest BCUT2D eigenvalue weighted by atomic mass is 35.5. The van der Waals surface area contributed by atoms with E-state index in [0.717, 1.165) is 68.1 Å². The van der Waals surface area contributed by atoms with Gasteiger partial charge in [-0.15, -0.1) is 0 Å². The molecular formula is C66H85ClN8O4. The fraction of sp³-hybridized carbons (Fsp3) is 0.394. The zero-order chi connectivity index (χ0) is 56.4. The van der Waals surface area contributed by atoms with Crippen LogP contribution in [0.4, 0.5) is 46.0 Å². The number of aromatic nitrogens is 4. The van der Waals surface area contributed by atoms with Gasteiger partial charge in [-0.2, -0.15) is 4.98 Å². The maximum absolute atomic E-state index is 6.41. The van der Waals surface area contributed by atoms with Crippen LogP contribution >= 0.6 is 0 Å². The number of benzene rings is 6. The van der Waals surface area contributed by atoms with E-state index in [2.05, 4.69) is 201 Å². The molecule has 2 aromatic heterocycles. The summed E-state index contributed by atoms with van der Waals surface area (Å²) in [6, 6.07) is 50.8. The number of fused-ring (bicyclic) bond motifs is 3. The van der Waals surface area contributed by atoms with Gasteiger partial charge in [0.05, 0.1) is 22.1 Å². The van der Waals surface area contributed by atoms with Crippen LogP contribution in [0.1, 0.15) is 133 Å². The molecule has 420 valence electrons. The number of quaternary nitrogens is 1. The second kappa shape index (κ2) is 26.6. The smallest absolute Gasteiger partial charge is 0.273 e. The molecule has 0 atom stereocenters. The third-order valence-electron chi connectivity index (χ3n) is 13.4. The highest BCUT2D eigenvalue weighted by molar-refractivity contribution is 5.89. The van der Waals surface area contributed by atoms with Crippen molar-refractivity contribution < 1.29 is 36.7 Å². The van der Waals surface area contributed by atoms with Crippen LogP contribution in [0.15, 0.2) is 146 Å². The first-order valence-electron chi connectivity index (χ1n) is 27.6. The molecule has 0 spiro atoms. The highest BCUT2D eigenvalue weighted by Gasteiger charge is 2.42. The summed E-state index contributed by atoms with van der Waals surface area (Å²) >= 11 is 0. The van der Waals surface area contributed by atoms with E-state index in [9.17, 15) is 0 Å². The molecule has 6 aromatic carbocycles. The molecule has 8 aromatic rings. The lowest BCUT2D eigenvalue weighted by molar-refractivity contribution is -0.482. The van der Waals surface area contributed by atoms with Crippen molar-refractivity contribution in [3.05, 3.63) is 168 Å². The number of nitrogens with two attached hydrogens (primary N) is 1. The lowest BCUT2D eigenvalue weighted by Gasteiger charge is -2.32. The van der Waals surface area contributed by atoms with Crippen LogP contribution < -0.4 is 32.8 Å². The van der Waals surface area contributed by atoms with E-state index in [1.165, 1.54) is 22.3 Å². The van der Waals surface area contributed by atoms with E-state index in [1.54, 1.807) is 0 Å². The van der Waals surface area contributed by atoms with E-state index < -0.39 is 12.8 Å². The SMILES string of the molecule is CC(C)(C)c1ccc(Nc2nc3ccccc3nc2[NH2+]c2ccc(C(C)(C)C)cc2)cc1.CCOC(OCC)OCC.CCOC1N(c2ccc(C(C)(C)C)cc2)c2nc3ccccc3nc2N1c1ccc(C(C)(C)C)cc1.[Cl-]. The van der Waals surface area contributed by atoms with Gasteiger partial charge in [0, 0.05) is 43.5 Å². The van der Waals surface area contributed by atoms with Crippen LogP contribution in [0.25, 0.3) is 22.1 Å². The summed E-state index contributed by atoms with van der Waals surface area (Å²) in [6.07, 6.45) is -0.400.